The van der Waals surface area contributed by atoms with E-state index >= 15 is 0 Å². The summed E-state index contributed by atoms with van der Waals surface area (Å²) in [6.45, 7) is 1.59. The van der Waals surface area contributed by atoms with Crippen LogP contribution in [0.4, 0.5) is 4.39 Å². The summed E-state index contributed by atoms with van der Waals surface area (Å²) >= 11 is 0. The van der Waals surface area contributed by atoms with Gasteiger partial charge in [-0.2, -0.15) is 0 Å². The third-order valence-electron chi connectivity index (χ3n) is 0.563. The summed E-state index contributed by atoms with van der Waals surface area (Å²) < 4.78 is 25.9. The zero-order chi connectivity index (χ0) is 8.20. The maximum Gasteiger partial charge on any atom is 0.352 e. The van der Waals surface area contributed by atoms with Gasteiger partial charge in [-0.25, -0.2) is 9.28 Å². The van der Waals surface area contributed by atoms with E-state index in [1.165, 1.54) is 6.92 Å². The highest BCUT2D eigenvalue weighted by molar-refractivity contribution is 7.51. The Morgan fingerprint density at radius 2 is 2.30 bits per heavy atom. The molecule has 0 fully saturated rings. The van der Waals surface area contributed by atoms with Gasteiger partial charge in [0.2, 0.25) is 0 Å². The standard InChI is InChI=1S/C4H10FO4P/c1-4(3-5)8-9-10(2,6)7/h4H,3H2,1-2H3,(H,6,7). The van der Waals surface area contributed by atoms with Crippen LogP contribution in [0.15, 0.2) is 0 Å². The van der Waals surface area contributed by atoms with Crippen LogP contribution in [0.5, 0.6) is 0 Å². The van der Waals surface area contributed by atoms with Gasteiger partial charge in [-0.3, -0.25) is 4.57 Å². The van der Waals surface area contributed by atoms with E-state index in [0.717, 1.165) is 6.66 Å². The van der Waals surface area contributed by atoms with Gasteiger partial charge in [0, 0.05) is 6.66 Å². The van der Waals surface area contributed by atoms with E-state index in [-0.39, 0.29) is 0 Å². The summed E-state index contributed by atoms with van der Waals surface area (Å²) in [5, 5.41) is 0. The first kappa shape index (κ1) is 10.0. The van der Waals surface area contributed by atoms with Crippen LogP contribution in [0.25, 0.3) is 0 Å². The molecule has 0 saturated carbocycles. The Kier molecular flexibility index (Phi) is 4.05. The van der Waals surface area contributed by atoms with Crippen molar-refractivity contribution in [2.75, 3.05) is 13.3 Å². The Bertz CT molecular complexity index is 133. The summed E-state index contributed by atoms with van der Waals surface area (Å²) in [6.07, 6.45) is -0.805. The minimum Gasteiger partial charge on any atom is -0.323 e. The molecule has 0 aromatic carbocycles. The van der Waals surface area contributed by atoms with Gasteiger partial charge < -0.3 is 4.89 Å². The molecule has 2 unspecified atom stereocenters. The second-order valence-electron chi connectivity index (χ2n) is 1.94. The molecule has 0 radical (unpaired) electrons. The number of hydrogen-bond acceptors (Lipinski definition) is 3. The van der Waals surface area contributed by atoms with Gasteiger partial charge in [-0.15, -0.1) is 4.67 Å². The van der Waals surface area contributed by atoms with Gasteiger partial charge in [0.05, 0.1) is 0 Å². The van der Waals surface area contributed by atoms with Crippen molar-refractivity contribution in [3.63, 3.8) is 0 Å². The van der Waals surface area contributed by atoms with Crippen molar-refractivity contribution in [3.05, 3.63) is 0 Å². The molecule has 0 aliphatic carbocycles. The summed E-state index contributed by atoms with van der Waals surface area (Å²) in [7, 11) is -3.62. The number of halogens is 1. The van der Waals surface area contributed by atoms with E-state index in [0.29, 0.717) is 0 Å². The molecule has 10 heavy (non-hydrogen) atoms. The normalized spacial score (nSPS) is 20.0. The molecule has 4 nitrogen and oxygen atoms in total. The second-order valence-corrected chi connectivity index (χ2v) is 3.69. The van der Waals surface area contributed by atoms with Gasteiger partial charge in [-0.1, -0.05) is 0 Å². The van der Waals surface area contributed by atoms with Crippen LogP contribution < -0.4 is 0 Å². The number of rotatable bonds is 4. The third kappa shape index (κ3) is 6.16. The van der Waals surface area contributed by atoms with Gasteiger partial charge in [0.25, 0.3) is 0 Å². The zero-order valence-electron chi connectivity index (χ0n) is 5.78. The minimum absolute atomic E-state index is 0.750. The maximum absolute atomic E-state index is 11.6. The number of hydrogen-bond donors (Lipinski definition) is 1. The highest BCUT2D eigenvalue weighted by atomic mass is 31.2. The van der Waals surface area contributed by atoms with Crippen molar-refractivity contribution in [2.24, 2.45) is 0 Å². The summed E-state index contributed by atoms with van der Waals surface area (Å²) in [5.74, 6) is 0. The van der Waals surface area contributed by atoms with Gasteiger partial charge in [0.15, 0.2) is 0 Å². The lowest BCUT2D eigenvalue weighted by atomic mass is 10.5. The van der Waals surface area contributed by atoms with E-state index in [2.05, 4.69) is 9.56 Å². The van der Waals surface area contributed by atoms with Crippen molar-refractivity contribution < 1.29 is 23.4 Å². The average molecular weight is 172 g/mol. The molecule has 62 valence electrons. The van der Waals surface area contributed by atoms with E-state index in [9.17, 15) is 8.96 Å². The lowest BCUT2D eigenvalue weighted by Gasteiger charge is -2.08. The van der Waals surface area contributed by atoms with Crippen LogP contribution >= 0.6 is 7.60 Å². The molecular weight excluding hydrogens is 162 g/mol. The monoisotopic (exact) mass is 172 g/mol. The van der Waals surface area contributed by atoms with Crippen LogP contribution in [0.1, 0.15) is 6.92 Å². The average Bonchev–Trinajstić information content (AvgIpc) is 1.81. The fourth-order valence-electron chi connectivity index (χ4n) is 0.179. The molecule has 0 aromatic rings. The Balaban J connectivity index is 3.46. The maximum atomic E-state index is 11.6. The van der Waals surface area contributed by atoms with Crippen molar-refractivity contribution in [1.29, 1.82) is 0 Å². The summed E-state index contributed by atoms with van der Waals surface area (Å²) in [6, 6.07) is 0. The zero-order valence-corrected chi connectivity index (χ0v) is 6.68. The summed E-state index contributed by atoms with van der Waals surface area (Å²) in [5.41, 5.74) is 0. The first-order chi connectivity index (χ1) is 4.45. The van der Waals surface area contributed by atoms with E-state index < -0.39 is 20.4 Å². The van der Waals surface area contributed by atoms with Gasteiger partial charge >= 0.3 is 7.60 Å². The van der Waals surface area contributed by atoms with Crippen LogP contribution in [-0.4, -0.2) is 24.3 Å². The quantitative estimate of drug-likeness (QED) is 0.392. The molecule has 0 heterocycles. The largest absolute Gasteiger partial charge is 0.352 e. The van der Waals surface area contributed by atoms with Crippen LogP contribution in [0.2, 0.25) is 0 Å². The lowest BCUT2D eigenvalue weighted by Crippen LogP contribution is -2.09. The fourth-order valence-corrected chi connectivity index (χ4v) is 0.486. The van der Waals surface area contributed by atoms with Crippen molar-refractivity contribution >= 4 is 7.60 Å². The van der Waals surface area contributed by atoms with E-state index in [1.54, 1.807) is 0 Å². The third-order valence-corrected chi connectivity index (χ3v) is 0.926. The molecule has 2 atom stereocenters. The SMILES string of the molecule is CC(CF)OOP(C)(=O)O. The summed E-state index contributed by atoms with van der Waals surface area (Å²) in [4.78, 5) is 12.6. The molecule has 0 amide bonds. The molecule has 1 N–H and O–H groups in total. The molecule has 0 bridgehead atoms. The molecule has 0 aliphatic heterocycles. The predicted octanol–water partition coefficient (Wildman–Crippen LogP) is 1.11. The molecule has 0 aromatic heterocycles. The number of alkyl halides is 1. The van der Waals surface area contributed by atoms with E-state index in [4.69, 9.17) is 4.89 Å². The molecular formula is C4H10FO4P. The van der Waals surface area contributed by atoms with Gasteiger partial charge in [-0.05, 0) is 6.92 Å². The lowest BCUT2D eigenvalue weighted by molar-refractivity contribution is -0.247. The predicted molar refractivity (Wildman–Crippen MR) is 33.4 cm³/mol. The minimum atomic E-state index is -3.62. The highest BCUT2D eigenvalue weighted by Crippen LogP contribution is 2.36. The van der Waals surface area contributed by atoms with Crippen LogP contribution in [-0.2, 0) is 14.1 Å². The Labute approximate surface area is 58.4 Å². The smallest absolute Gasteiger partial charge is 0.323 e. The first-order valence-electron chi connectivity index (χ1n) is 2.67. The molecule has 0 spiro atoms. The Hall–Kier alpha value is 0.0400. The fraction of sp³-hybridized carbons (Fsp3) is 1.00. The second kappa shape index (κ2) is 4.03. The molecule has 0 saturated heterocycles. The first-order valence-corrected chi connectivity index (χ1v) is 4.69. The Morgan fingerprint density at radius 3 is 2.60 bits per heavy atom. The molecule has 6 heteroatoms. The van der Waals surface area contributed by atoms with Crippen LogP contribution in [0, 0.1) is 0 Å². The highest BCUT2D eigenvalue weighted by Gasteiger charge is 2.13. The van der Waals surface area contributed by atoms with Crippen molar-refractivity contribution in [1.82, 2.24) is 0 Å². The van der Waals surface area contributed by atoms with Gasteiger partial charge in [0.1, 0.15) is 12.8 Å². The van der Waals surface area contributed by atoms with Crippen molar-refractivity contribution in [2.45, 2.75) is 13.0 Å². The molecule has 0 aliphatic rings. The van der Waals surface area contributed by atoms with Crippen LogP contribution in [0.3, 0.4) is 0 Å². The Morgan fingerprint density at radius 1 is 1.80 bits per heavy atom. The topological polar surface area (TPSA) is 55.8 Å². The van der Waals surface area contributed by atoms with E-state index in [1.807, 2.05) is 0 Å². The molecule has 0 rings (SSSR count). The van der Waals surface area contributed by atoms with Crippen molar-refractivity contribution in [3.8, 4) is 0 Å².